The topological polar surface area (TPSA) is 3.24 Å². The maximum atomic E-state index is 6.28. The predicted octanol–water partition coefficient (Wildman–Crippen LogP) is 8.02. The third-order valence-corrected chi connectivity index (χ3v) is 5.40. The molecule has 0 N–H and O–H groups in total. The molecular formula is C25H40ClN. The summed E-state index contributed by atoms with van der Waals surface area (Å²) in [5, 5.41) is 0.851. The lowest BCUT2D eigenvalue weighted by Gasteiger charge is -2.31. The fourth-order valence-corrected chi connectivity index (χ4v) is 3.93. The minimum Gasteiger partial charge on any atom is -0.375 e. The van der Waals surface area contributed by atoms with Gasteiger partial charge < -0.3 is 4.90 Å². The van der Waals surface area contributed by atoms with E-state index in [0.29, 0.717) is 5.92 Å². The van der Waals surface area contributed by atoms with Crippen molar-refractivity contribution in [1.29, 1.82) is 0 Å². The van der Waals surface area contributed by atoms with E-state index in [-0.39, 0.29) is 5.41 Å². The smallest absolute Gasteiger partial charge is 0.0369 e. The molecule has 1 nitrogen and oxygen atoms in total. The molecule has 0 aromatic carbocycles. The van der Waals surface area contributed by atoms with Crippen molar-refractivity contribution in [2.24, 2.45) is 11.3 Å². The number of halogens is 1. The van der Waals surface area contributed by atoms with E-state index in [1.54, 1.807) is 0 Å². The summed E-state index contributed by atoms with van der Waals surface area (Å²) in [4.78, 5) is 2.49. The van der Waals surface area contributed by atoms with Crippen LogP contribution in [0.4, 0.5) is 0 Å². The van der Waals surface area contributed by atoms with E-state index in [2.05, 4.69) is 71.8 Å². The Morgan fingerprint density at radius 1 is 1.22 bits per heavy atom. The van der Waals surface area contributed by atoms with Crippen LogP contribution in [0.25, 0.3) is 0 Å². The van der Waals surface area contributed by atoms with Crippen LogP contribution in [0.15, 0.2) is 58.8 Å². The zero-order chi connectivity index (χ0) is 20.6. The van der Waals surface area contributed by atoms with Crippen LogP contribution in [0.1, 0.15) is 73.6 Å². The zero-order valence-electron chi connectivity index (χ0n) is 18.5. The highest BCUT2D eigenvalue weighted by atomic mass is 35.5. The molecule has 0 heterocycles. The molecule has 0 bridgehead atoms. The molecule has 0 radical (unpaired) electrons. The highest BCUT2D eigenvalue weighted by molar-refractivity contribution is 6.31. The molecule has 0 aromatic rings. The molecule has 0 aromatic heterocycles. The Kier molecular flexibility index (Phi) is 9.67. The normalized spacial score (nSPS) is 18.0. The van der Waals surface area contributed by atoms with Crippen molar-refractivity contribution in [3.05, 3.63) is 58.8 Å². The van der Waals surface area contributed by atoms with Crippen LogP contribution in [0.3, 0.4) is 0 Å². The van der Waals surface area contributed by atoms with Crippen molar-refractivity contribution < 1.29 is 0 Å². The Balaban J connectivity index is 2.82. The van der Waals surface area contributed by atoms with Gasteiger partial charge in [-0.3, -0.25) is 0 Å². The molecule has 0 saturated carbocycles. The molecule has 2 heteroatoms. The summed E-state index contributed by atoms with van der Waals surface area (Å²) < 4.78 is 0. The van der Waals surface area contributed by atoms with Crippen LogP contribution in [0, 0.1) is 11.3 Å². The van der Waals surface area contributed by atoms with E-state index in [1.165, 1.54) is 16.8 Å². The molecule has 1 aliphatic carbocycles. The maximum absolute atomic E-state index is 6.28. The maximum Gasteiger partial charge on any atom is 0.0369 e. The molecule has 1 unspecified atom stereocenters. The van der Waals surface area contributed by atoms with Crippen molar-refractivity contribution in [3.63, 3.8) is 0 Å². The largest absolute Gasteiger partial charge is 0.375 e. The summed E-state index contributed by atoms with van der Waals surface area (Å²) in [6, 6.07) is 0. The molecule has 0 fully saturated rings. The lowest BCUT2D eigenvalue weighted by molar-refractivity contribution is 0.286. The van der Waals surface area contributed by atoms with E-state index in [4.69, 9.17) is 11.6 Å². The van der Waals surface area contributed by atoms with Gasteiger partial charge in [0.2, 0.25) is 0 Å². The summed E-state index contributed by atoms with van der Waals surface area (Å²) in [7, 11) is 0. The first-order chi connectivity index (χ1) is 12.5. The van der Waals surface area contributed by atoms with Crippen LogP contribution < -0.4 is 0 Å². The molecule has 1 atom stereocenters. The van der Waals surface area contributed by atoms with Gasteiger partial charge in [-0.2, -0.15) is 0 Å². The second-order valence-corrected chi connectivity index (χ2v) is 9.56. The first kappa shape index (κ1) is 23.8. The van der Waals surface area contributed by atoms with Crippen molar-refractivity contribution in [2.75, 3.05) is 13.1 Å². The number of rotatable bonds is 10. The molecule has 152 valence electrons. The standard InChI is InChI=1S/C25H40ClN/c1-9-15-27(20(4)18-25(6,7)8)16-11-14-24(21(5)19(2)3)22-12-10-13-23(26)17-22/h10,13,17,22H,2,4,9,11-12,14-16,18H2,1,3,5-8H3/b24-21+. The van der Waals surface area contributed by atoms with Gasteiger partial charge in [-0.15, -0.1) is 0 Å². The average molecular weight is 390 g/mol. The molecule has 27 heavy (non-hydrogen) atoms. The Bertz CT molecular complexity index is 613. The first-order valence-electron chi connectivity index (χ1n) is 10.4. The van der Waals surface area contributed by atoms with Crippen molar-refractivity contribution in [2.45, 2.75) is 73.6 Å². The van der Waals surface area contributed by atoms with E-state index >= 15 is 0 Å². The third kappa shape index (κ3) is 8.56. The minimum atomic E-state index is 0.278. The second-order valence-electron chi connectivity index (χ2n) is 9.12. The summed E-state index contributed by atoms with van der Waals surface area (Å²) in [6.07, 6.45) is 11.8. The predicted molar refractivity (Wildman–Crippen MR) is 123 cm³/mol. The summed E-state index contributed by atoms with van der Waals surface area (Å²) >= 11 is 6.28. The van der Waals surface area contributed by atoms with Gasteiger partial charge in [0.25, 0.3) is 0 Å². The quantitative estimate of drug-likeness (QED) is 0.342. The van der Waals surface area contributed by atoms with Gasteiger partial charge in [0.05, 0.1) is 0 Å². The average Bonchev–Trinajstić information content (AvgIpc) is 2.55. The Morgan fingerprint density at radius 3 is 2.41 bits per heavy atom. The third-order valence-electron chi connectivity index (χ3n) is 5.15. The van der Waals surface area contributed by atoms with E-state index < -0.39 is 0 Å². The fraction of sp³-hybridized carbons (Fsp3) is 0.600. The van der Waals surface area contributed by atoms with Crippen LogP contribution in [-0.2, 0) is 0 Å². The molecular weight excluding hydrogens is 350 g/mol. The molecule has 1 rings (SSSR count). The fourth-order valence-electron chi connectivity index (χ4n) is 3.69. The van der Waals surface area contributed by atoms with Gasteiger partial charge >= 0.3 is 0 Å². The van der Waals surface area contributed by atoms with Gasteiger partial charge in [-0.1, -0.05) is 75.8 Å². The lowest BCUT2D eigenvalue weighted by atomic mass is 9.84. The second kappa shape index (κ2) is 11.0. The van der Waals surface area contributed by atoms with Crippen LogP contribution >= 0.6 is 11.6 Å². The van der Waals surface area contributed by atoms with Crippen LogP contribution in [0.2, 0.25) is 0 Å². The summed E-state index contributed by atoms with van der Waals surface area (Å²) in [5.41, 5.74) is 5.54. The molecule has 0 saturated heterocycles. The number of hydrogen-bond donors (Lipinski definition) is 0. The van der Waals surface area contributed by atoms with Gasteiger partial charge in [0.15, 0.2) is 0 Å². The van der Waals surface area contributed by atoms with Gasteiger partial charge in [-0.25, -0.2) is 0 Å². The highest BCUT2D eigenvalue weighted by Gasteiger charge is 2.19. The number of allylic oxidation sites excluding steroid dienone is 8. The SMILES string of the molecule is C=C(C)/C(C)=C(\CCCN(CCC)C(=C)CC(C)(C)C)C1C=C(Cl)C=CC1. The monoisotopic (exact) mass is 389 g/mol. The van der Waals surface area contributed by atoms with Gasteiger partial charge in [0, 0.05) is 29.7 Å². The van der Waals surface area contributed by atoms with Crippen molar-refractivity contribution in [1.82, 2.24) is 4.90 Å². The molecule has 0 aliphatic heterocycles. The Labute approximate surface area is 173 Å². The van der Waals surface area contributed by atoms with Crippen molar-refractivity contribution >= 4 is 11.6 Å². The Hall–Kier alpha value is -1.21. The van der Waals surface area contributed by atoms with Gasteiger partial charge in [-0.05, 0) is 63.0 Å². The van der Waals surface area contributed by atoms with E-state index in [0.717, 1.165) is 55.8 Å². The molecule has 0 amide bonds. The van der Waals surface area contributed by atoms with Crippen molar-refractivity contribution in [3.8, 4) is 0 Å². The van der Waals surface area contributed by atoms with Crippen LogP contribution in [-0.4, -0.2) is 18.0 Å². The minimum absolute atomic E-state index is 0.278. The van der Waals surface area contributed by atoms with E-state index in [1.807, 2.05) is 6.08 Å². The lowest BCUT2D eigenvalue weighted by Crippen LogP contribution is -2.27. The van der Waals surface area contributed by atoms with E-state index in [9.17, 15) is 0 Å². The first-order valence-corrected chi connectivity index (χ1v) is 10.7. The summed E-state index contributed by atoms with van der Waals surface area (Å²) in [6.45, 7) is 24.1. The molecule has 0 spiro atoms. The Morgan fingerprint density at radius 2 is 1.89 bits per heavy atom. The van der Waals surface area contributed by atoms with Crippen LogP contribution in [0.5, 0.6) is 0 Å². The number of nitrogens with zero attached hydrogens (tertiary/aromatic N) is 1. The summed E-state index contributed by atoms with van der Waals surface area (Å²) in [5.74, 6) is 0.400. The molecule has 1 aliphatic rings. The zero-order valence-corrected chi connectivity index (χ0v) is 19.3. The number of hydrogen-bond acceptors (Lipinski definition) is 1. The highest BCUT2D eigenvalue weighted by Crippen LogP contribution is 2.33. The van der Waals surface area contributed by atoms with Gasteiger partial charge in [0.1, 0.15) is 0 Å².